The Labute approximate surface area is 150 Å². The summed E-state index contributed by atoms with van der Waals surface area (Å²) in [5, 5.41) is 9.09. The molecule has 1 aliphatic heterocycles. The molecule has 0 saturated carbocycles. The third-order valence-corrected chi connectivity index (χ3v) is 5.85. The number of carboxylic acid groups (broad SMARTS) is 1. The second-order valence-electron chi connectivity index (χ2n) is 5.53. The predicted octanol–water partition coefficient (Wildman–Crippen LogP) is 2.79. The lowest BCUT2D eigenvalue weighted by atomic mass is 10.0. The van der Waals surface area contributed by atoms with Crippen molar-refractivity contribution in [2.75, 3.05) is 7.11 Å². The van der Waals surface area contributed by atoms with Crippen molar-refractivity contribution < 1.29 is 14.6 Å². The molecule has 2 unspecified atom stereocenters. The Kier molecular flexibility index (Phi) is 4.69. The van der Waals surface area contributed by atoms with E-state index in [1.165, 1.54) is 0 Å². The van der Waals surface area contributed by atoms with Crippen LogP contribution in [0.4, 0.5) is 0 Å². The van der Waals surface area contributed by atoms with Gasteiger partial charge >= 0.3 is 5.97 Å². The second kappa shape index (κ2) is 6.60. The molecule has 1 aromatic heterocycles. The summed E-state index contributed by atoms with van der Waals surface area (Å²) in [5.41, 5.74) is 1.06. The first-order valence-corrected chi connectivity index (χ1v) is 8.93. The highest BCUT2D eigenvalue weighted by Crippen LogP contribution is 2.42. The molecule has 0 saturated heterocycles. The van der Waals surface area contributed by atoms with Crippen LogP contribution in [0.5, 0.6) is 5.75 Å². The molecular formula is C16H15BrN2O4S. The third kappa shape index (κ3) is 3.08. The highest BCUT2D eigenvalue weighted by molar-refractivity contribution is 9.10. The van der Waals surface area contributed by atoms with Gasteiger partial charge in [0.05, 0.1) is 12.7 Å². The van der Waals surface area contributed by atoms with E-state index >= 15 is 0 Å². The van der Waals surface area contributed by atoms with Gasteiger partial charge < -0.3 is 14.8 Å². The number of methoxy groups -OCH3 is 1. The molecule has 2 atom stereocenters. The average molecular weight is 411 g/mol. The van der Waals surface area contributed by atoms with Crippen molar-refractivity contribution in [2.45, 2.75) is 29.5 Å². The number of fused-ring (bicyclic) bond motifs is 1. The van der Waals surface area contributed by atoms with Crippen molar-refractivity contribution in [2.24, 2.45) is 0 Å². The molecule has 6 nitrogen and oxygen atoms in total. The second-order valence-corrected chi connectivity index (χ2v) is 7.58. The monoisotopic (exact) mass is 410 g/mol. The summed E-state index contributed by atoms with van der Waals surface area (Å²) in [5.74, 6) is -0.111. The number of ether oxygens (including phenoxy) is 1. The minimum Gasteiger partial charge on any atom is -0.496 e. The first-order chi connectivity index (χ1) is 11.4. The predicted molar refractivity (Wildman–Crippen MR) is 94.1 cm³/mol. The molecule has 0 amide bonds. The number of rotatable bonds is 4. The number of aromatic amines is 1. The van der Waals surface area contributed by atoms with Crippen molar-refractivity contribution in [3.05, 3.63) is 50.0 Å². The normalized spacial score (nSPS) is 19.1. The molecule has 1 aliphatic rings. The van der Waals surface area contributed by atoms with Crippen LogP contribution in [0, 0.1) is 0 Å². The largest absolute Gasteiger partial charge is 0.496 e. The van der Waals surface area contributed by atoms with E-state index < -0.39 is 11.2 Å². The first kappa shape index (κ1) is 17.0. The van der Waals surface area contributed by atoms with E-state index in [0.717, 1.165) is 21.8 Å². The van der Waals surface area contributed by atoms with Crippen molar-refractivity contribution >= 4 is 33.7 Å². The van der Waals surface area contributed by atoms with E-state index in [2.05, 4.69) is 25.9 Å². The van der Waals surface area contributed by atoms with E-state index in [9.17, 15) is 14.7 Å². The third-order valence-electron chi connectivity index (χ3n) is 3.96. The lowest BCUT2D eigenvalue weighted by Gasteiger charge is -2.10. The molecule has 0 spiro atoms. The summed E-state index contributed by atoms with van der Waals surface area (Å²) >= 11 is 4.55. The van der Waals surface area contributed by atoms with E-state index in [4.69, 9.17) is 4.74 Å². The fraction of sp³-hybridized carbons (Fsp3) is 0.312. The summed E-state index contributed by atoms with van der Waals surface area (Å²) in [6.45, 7) is 1.74. The number of nitrogens with one attached hydrogen (secondary N) is 1. The molecular weight excluding hydrogens is 396 g/mol. The molecule has 2 heterocycles. The molecule has 1 aromatic carbocycles. The van der Waals surface area contributed by atoms with Crippen molar-refractivity contribution in [3.8, 4) is 5.75 Å². The summed E-state index contributed by atoms with van der Waals surface area (Å²) in [7, 11) is 1.58. The molecule has 126 valence electrons. The maximum absolute atomic E-state index is 12.4. The van der Waals surface area contributed by atoms with Crippen molar-refractivity contribution in [1.82, 2.24) is 9.97 Å². The van der Waals surface area contributed by atoms with Gasteiger partial charge in [0, 0.05) is 22.4 Å². The quantitative estimate of drug-likeness (QED) is 0.752. The number of halogens is 1. The summed E-state index contributed by atoms with van der Waals surface area (Å²) in [6, 6.07) is 5.61. The number of aliphatic carboxylic acids is 1. The van der Waals surface area contributed by atoms with Gasteiger partial charge in [-0.05, 0) is 18.2 Å². The molecule has 0 aliphatic carbocycles. The van der Waals surface area contributed by atoms with Gasteiger partial charge in [-0.2, -0.15) is 0 Å². The number of benzene rings is 1. The zero-order valence-electron chi connectivity index (χ0n) is 13.0. The van der Waals surface area contributed by atoms with Crippen LogP contribution in [-0.4, -0.2) is 33.4 Å². The van der Waals surface area contributed by atoms with Crippen molar-refractivity contribution in [1.29, 1.82) is 0 Å². The molecule has 0 fully saturated rings. The van der Waals surface area contributed by atoms with E-state index in [1.54, 1.807) is 14.0 Å². The number of hydrogen-bond acceptors (Lipinski definition) is 5. The summed E-state index contributed by atoms with van der Waals surface area (Å²) in [4.78, 5) is 30.9. The van der Waals surface area contributed by atoms with Crippen LogP contribution in [0.15, 0.2) is 32.5 Å². The Morgan fingerprint density at radius 3 is 2.92 bits per heavy atom. The van der Waals surface area contributed by atoms with Crippen LogP contribution in [0.25, 0.3) is 0 Å². The van der Waals surface area contributed by atoms with Crippen LogP contribution in [-0.2, 0) is 11.2 Å². The number of carbonyl (C=O) groups is 1. The Bertz CT molecular complexity index is 868. The number of thioether (sulfide) groups is 1. The maximum atomic E-state index is 12.4. The minimum atomic E-state index is -0.930. The Morgan fingerprint density at radius 2 is 2.25 bits per heavy atom. The Balaban J connectivity index is 1.98. The first-order valence-electron chi connectivity index (χ1n) is 7.25. The number of nitrogens with zero attached hydrogens (tertiary/aromatic N) is 1. The van der Waals surface area contributed by atoms with Gasteiger partial charge in [-0.3, -0.25) is 9.59 Å². The number of H-pyrrole nitrogens is 1. The van der Waals surface area contributed by atoms with Crippen LogP contribution >= 0.6 is 27.7 Å². The van der Waals surface area contributed by atoms with Crippen LogP contribution < -0.4 is 10.3 Å². The molecule has 0 radical (unpaired) electrons. The van der Waals surface area contributed by atoms with Crippen molar-refractivity contribution in [3.63, 3.8) is 0 Å². The number of hydrogen-bond donors (Lipinski definition) is 2. The Hall–Kier alpha value is -1.80. The summed E-state index contributed by atoms with van der Waals surface area (Å²) in [6.07, 6.45) is 0.387. The zero-order valence-corrected chi connectivity index (χ0v) is 15.4. The lowest BCUT2D eigenvalue weighted by Crippen LogP contribution is -2.23. The summed E-state index contributed by atoms with van der Waals surface area (Å²) < 4.78 is 6.24. The van der Waals surface area contributed by atoms with Gasteiger partial charge in [0.15, 0.2) is 0 Å². The highest BCUT2D eigenvalue weighted by atomic mass is 79.9. The van der Waals surface area contributed by atoms with Gasteiger partial charge in [-0.25, -0.2) is 4.98 Å². The fourth-order valence-corrected chi connectivity index (χ4v) is 4.44. The molecule has 2 N–H and O–H groups in total. The van der Waals surface area contributed by atoms with Crippen LogP contribution in [0.2, 0.25) is 0 Å². The van der Waals surface area contributed by atoms with Gasteiger partial charge in [-0.1, -0.05) is 34.6 Å². The minimum absolute atomic E-state index is 0.271. The molecule has 8 heteroatoms. The molecule has 24 heavy (non-hydrogen) atoms. The Morgan fingerprint density at radius 1 is 1.50 bits per heavy atom. The lowest BCUT2D eigenvalue weighted by molar-refractivity contribution is -0.136. The maximum Gasteiger partial charge on any atom is 0.317 e. The molecule has 0 bridgehead atoms. The van der Waals surface area contributed by atoms with Gasteiger partial charge in [-0.15, -0.1) is 0 Å². The molecule has 2 aromatic rings. The number of aromatic nitrogens is 2. The van der Waals surface area contributed by atoms with Crippen LogP contribution in [0.3, 0.4) is 0 Å². The highest BCUT2D eigenvalue weighted by Gasteiger charge is 2.38. The van der Waals surface area contributed by atoms with Gasteiger partial charge in [0.25, 0.3) is 5.56 Å². The van der Waals surface area contributed by atoms with Gasteiger partial charge in [0.2, 0.25) is 0 Å². The SMILES string of the molecule is COc1ccc(Br)cc1Cc1nc2c(c(=O)[nH]1)C(C)C(C(=O)O)S2. The molecule has 3 rings (SSSR count). The van der Waals surface area contributed by atoms with Crippen LogP contribution in [0.1, 0.15) is 29.8 Å². The van der Waals surface area contributed by atoms with E-state index in [1.807, 2.05) is 18.2 Å². The van der Waals surface area contributed by atoms with E-state index in [0.29, 0.717) is 28.6 Å². The standard InChI is InChI=1S/C16H15BrN2O4S/c1-7-12-14(20)18-11(19-15(12)24-13(7)16(21)22)6-8-5-9(17)3-4-10(8)23-2/h3-5,7,13H,6H2,1-2H3,(H,21,22)(H,18,19,20). The fourth-order valence-electron chi connectivity index (χ4n) is 2.79. The topological polar surface area (TPSA) is 92.3 Å². The van der Waals surface area contributed by atoms with E-state index in [-0.39, 0.29) is 11.5 Å². The van der Waals surface area contributed by atoms with Gasteiger partial charge in [0.1, 0.15) is 21.8 Å². The average Bonchev–Trinajstić information content (AvgIpc) is 2.85. The zero-order chi connectivity index (χ0) is 17.4. The smallest absolute Gasteiger partial charge is 0.317 e. The number of carboxylic acids is 1.